The SMILES string of the molecule is COc1ccc(CNCCOC(C)C)c2ccccc12. The number of nitrogens with one attached hydrogen (secondary N) is 1. The molecule has 20 heavy (non-hydrogen) atoms. The summed E-state index contributed by atoms with van der Waals surface area (Å²) in [6, 6.07) is 12.5. The van der Waals surface area contributed by atoms with Crippen LogP contribution < -0.4 is 10.1 Å². The summed E-state index contributed by atoms with van der Waals surface area (Å²) in [7, 11) is 1.71. The normalized spacial score (nSPS) is 11.2. The lowest BCUT2D eigenvalue weighted by molar-refractivity contribution is 0.0807. The average Bonchev–Trinajstić information content (AvgIpc) is 2.46. The van der Waals surface area contributed by atoms with Gasteiger partial charge in [0.05, 0.1) is 19.8 Å². The van der Waals surface area contributed by atoms with E-state index in [0.29, 0.717) is 6.10 Å². The van der Waals surface area contributed by atoms with Gasteiger partial charge in [-0.1, -0.05) is 30.3 Å². The van der Waals surface area contributed by atoms with Crippen LogP contribution in [0, 0.1) is 0 Å². The molecule has 0 unspecified atom stereocenters. The van der Waals surface area contributed by atoms with Crippen LogP contribution in [0.4, 0.5) is 0 Å². The van der Waals surface area contributed by atoms with E-state index in [9.17, 15) is 0 Å². The molecule has 2 aromatic carbocycles. The molecule has 0 aliphatic heterocycles. The van der Waals surface area contributed by atoms with Crippen LogP contribution in [0.15, 0.2) is 36.4 Å². The van der Waals surface area contributed by atoms with E-state index < -0.39 is 0 Å². The van der Waals surface area contributed by atoms with E-state index in [1.54, 1.807) is 7.11 Å². The molecule has 2 aromatic rings. The Balaban J connectivity index is 2.03. The van der Waals surface area contributed by atoms with E-state index in [1.165, 1.54) is 10.9 Å². The lowest BCUT2D eigenvalue weighted by Gasteiger charge is -2.12. The van der Waals surface area contributed by atoms with Crippen molar-refractivity contribution < 1.29 is 9.47 Å². The van der Waals surface area contributed by atoms with Gasteiger partial charge in [0.25, 0.3) is 0 Å². The highest BCUT2D eigenvalue weighted by molar-refractivity contribution is 5.91. The van der Waals surface area contributed by atoms with E-state index in [1.807, 2.05) is 12.1 Å². The fourth-order valence-corrected chi connectivity index (χ4v) is 2.26. The second kappa shape index (κ2) is 7.27. The van der Waals surface area contributed by atoms with Gasteiger partial charge in [-0.2, -0.15) is 0 Å². The monoisotopic (exact) mass is 273 g/mol. The van der Waals surface area contributed by atoms with Crippen molar-refractivity contribution in [1.82, 2.24) is 5.32 Å². The van der Waals surface area contributed by atoms with Crippen LogP contribution in [0.1, 0.15) is 19.4 Å². The molecule has 0 radical (unpaired) electrons. The topological polar surface area (TPSA) is 30.5 Å². The zero-order valence-corrected chi connectivity index (χ0v) is 12.5. The van der Waals surface area contributed by atoms with Crippen LogP contribution in [0.5, 0.6) is 5.75 Å². The minimum Gasteiger partial charge on any atom is -0.496 e. The van der Waals surface area contributed by atoms with Crippen molar-refractivity contribution >= 4 is 10.8 Å². The van der Waals surface area contributed by atoms with E-state index in [2.05, 4.69) is 43.4 Å². The molecule has 0 aliphatic carbocycles. The second-order valence-corrected chi connectivity index (χ2v) is 5.07. The molecule has 0 aliphatic rings. The van der Waals surface area contributed by atoms with Crippen LogP contribution >= 0.6 is 0 Å². The van der Waals surface area contributed by atoms with Crippen LogP contribution in [-0.4, -0.2) is 26.4 Å². The van der Waals surface area contributed by atoms with Crippen molar-refractivity contribution in [3.63, 3.8) is 0 Å². The maximum Gasteiger partial charge on any atom is 0.126 e. The Bertz CT molecular complexity index is 552. The third-order valence-corrected chi connectivity index (χ3v) is 3.24. The molecule has 0 spiro atoms. The molecule has 0 aromatic heterocycles. The number of ether oxygens (including phenoxy) is 2. The van der Waals surface area contributed by atoms with Gasteiger partial charge < -0.3 is 14.8 Å². The molecule has 0 atom stereocenters. The van der Waals surface area contributed by atoms with Gasteiger partial charge in [-0.15, -0.1) is 0 Å². The van der Waals surface area contributed by atoms with Crippen molar-refractivity contribution in [3.05, 3.63) is 42.0 Å². The first-order chi connectivity index (χ1) is 9.72. The first kappa shape index (κ1) is 14.8. The molecule has 2 rings (SSSR count). The fraction of sp³-hybridized carbons (Fsp3) is 0.412. The van der Waals surface area contributed by atoms with Crippen LogP contribution in [0.3, 0.4) is 0 Å². The molecule has 3 heteroatoms. The number of rotatable bonds is 7. The minimum atomic E-state index is 0.290. The molecule has 0 fully saturated rings. The van der Waals surface area contributed by atoms with E-state index in [-0.39, 0.29) is 0 Å². The van der Waals surface area contributed by atoms with Gasteiger partial charge in [-0.05, 0) is 30.9 Å². The standard InChI is InChI=1S/C17H23NO2/c1-13(2)20-11-10-18-12-14-8-9-17(19-3)16-7-5-4-6-15(14)16/h4-9,13,18H,10-12H2,1-3H3. The molecular weight excluding hydrogens is 250 g/mol. The van der Waals surface area contributed by atoms with Gasteiger partial charge >= 0.3 is 0 Å². The summed E-state index contributed by atoms with van der Waals surface area (Å²) in [5.74, 6) is 0.924. The van der Waals surface area contributed by atoms with Crippen LogP contribution in [-0.2, 0) is 11.3 Å². The van der Waals surface area contributed by atoms with Crippen LogP contribution in [0.25, 0.3) is 10.8 Å². The second-order valence-electron chi connectivity index (χ2n) is 5.07. The van der Waals surface area contributed by atoms with E-state index in [4.69, 9.17) is 9.47 Å². The highest BCUT2D eigenvalue weighted by atomic mass is 16.5. The number of hydrogen-bond acceptors (Lipinski definition) is 3. The predicted octanol–water partition coefficient (Wildman–Crippen LogP) is 3.36. The van der Waals surface area contributed by atoms with Crippen LogP contribution in [0.2, 0.25) is 0 Å². The molecule has 0 bridgehead atoms. The Labute approximate surface area is 120 Å². The van der Waals surface area contributed by atoms with Gasteiger partial charge in [-0.3, -0.25) is 0 Å². The van der Waals surface area contributed by atoms with Crippen molar-refractivity contribution in [1.29, 1.82) is 0 Å². The van der Waals surface area contributed by atoms with Gasteiger partial charge in [0.1, 0.15) is 5.75 Å². The summed E-state index contributed by atoms with van der Waals surface area (Å²) < 4.78 is 10.9. The van der Waals surface area contributed by atoms with E-state index >= 15 is 0 Å². The summed E-state index contributed by atoms with van der Waals surface area (Å²) in [6.07, 6.45) is 0.290. The summed E-state index contributed by atoms with van der Waals surface area (Å²) in [6.45, 7) is 6.55. The van der Waals surface area contributed by atoms with Gasteiger partial charge in [0, 0.05) is 18.5 Å². The van der Waals surface area contributed by atoms with Crippen molar-refractivity contribution in [2.75, 3.05) is 20.3 Å². The number of methoxy groups -OCH3 is 1. The Morgan fingerprint density at radius 2 is 1.80 bits per heavy atom. The Morgan fingerprint density at radius 1 is 1.05 bits per heavy atom. The lowest BCUT2D eigenvalue weighted by Crippen LogP contribution is -2.21. The average molecular weight is 273 g/mol. The van der Waals surface area contributed by atoms with Gasteiger partial charge in [0.2, 0.25) is 0 Å². The zero-order valence-electron chi connectivity index (χ0n) is 12.5. The third kappa shape index (κ3) is 3.71. The molecule has 0 saturated heterocycles. The van der Waals surface area contributed by atoms with E-state index in [0.717, 1.165) is 30.8 Å². The summed E-state index contributed by atoms with van der Waals surface area (Å²) in [5.41, 5.74) is 1.28. The quantitative estimate of drug-likeness (QED) is 0.785. The summed E-state index contributed by atoms with van der Waals surface area (Å²) >= 11 is 0. The minimum absolute atomic E-state index is 0.290. The zero-order chi connectivity index (χ0) is 14.4. The lowest BCUT2D eigenvalue weighted by atomic mass is 10.0. The van der Waals surface area contributed by atoms with Crippen molar-refractivity contribution in [3.8, 4) is 5.75 Å². The molecule has 3 nitrogen and oxygen atoms in total. The largest absolute Gasteiger partial charge is 0.496 e. The number of hydrogen-bond donors (Lipinski definition) is 1. The highest BCUT2D eigenvalue weighted by Crippen LogP contribution is 2.28. The maximum atomic E-state index is 5.52. The first-order valence-corrected chi connectivity index (χ1v) is 7.09. The smallest absolute Gasteiger partial charge is 0.126 e. The molecule has 1 N–H and O–H groups in total. The molecule has 0 amide bonds. The maximum absolute atomic E-state index is 5.52. The Hall–Kier alpha value is -1.58. The number of benzene rings is 2. The molecule has 0 saturated carbocycles. The number of fused-ring (bicyclic) bond motifs is 1. The Morgan fingerprint density at radius 3 is 2.50 bits per heavy atom. The van der Waals surface area contributed by atoms with Crippen molar-refractivity contribution in [2.24, 2.45) is 0 Å². The highest BCUT2D eigenvalue weighted by Gasteiger charge is 2.05. The van der Waals surface area contributed by atoms with Crippen molar-refractivity contribution in [2.45, 2.75) is 26.5 Å². The Kier molecular flexibility index (Phi) is 5.39. The summed E-state index contributed by atoms with van der Waals surface area (Å²) in [5, 5.41) is 5.82. The first-order valence-electron chi connectivity index (χ1n) is 7.09. The fourth-order valence-electron chi connectivity index (χ4n) is 2.26. The molecule has 108 valence electrons. The van der Waals surface area contributed by atoms with Gasteiger partial charge in [-0.25, -0.2) is 0 Å². The summed E-state index contributed by atoms with van der Waals surface area (Å²) in [4.78, 5) is 0. The predicted molar refractivity (Wildman–Crippen MR) is 83.3 cm³/mol. The molecule has 0 heterocycles. The molecular formula is C17H23NO2. The van der Waals surface area contributed by atoms with Gasteiger partial charge in [0.15, 0.2) is 0 Å². The third-order valence-electron chi connectivity index (χ3n) is 3.24.